The van der Waals surface area contributed by atoms with Crippen LogP contribution in [-0.4, -0.2) is 30.9 Å². The molecule has 0 unspecified atom stereocenters. The van der Waals surface area contributed by atoms with Crippen molar-refractivity contribution < 1.29 is 9.53 Å². The van der Waals surface area contributed by atoms with Gasteiger partial charge in [0.05, 0.1) is 7.11 Å². The summed E-state index contributed by atoms with van der Waals surface area (Å²) in [6.45, 7) is 0.933. The third-order valence-electron chi connectivity index (χ3n) is 3.73. The van der Waals surface area contributed by atoms with Gasteiger partial charge in [0.1, 0.15) is 11.5 Å². The highest BCUT2D eigenvalue weighted by Crippen LogP contribution is 2.21. The maximum absolute atomic E-state index is 11.2. The molecule has 0 amide bonds. The summed E-state index contributed by atoms with van der Waals surface area (Å²) in [5.74, 6) is 1.31. The highest BCUT2D eigenvalue weighted by Gasteiger charge is 2.21. The van der Waals surface area contributed by atoms with Crippen molar-refractivity contribution in [2.75, 3.05) is 14.2 Å². The van der Waals surface area contributed by atoms with Gasteiger partial charge in [-0.05, 0) is 37.6 Å². The highest BCUT2D eigenvalue weighted by molar-refractivity contribution is 5.79. The largest absolute Gasteiger partial charge is 0.497 e. The van der Waals surface area contributed by atoms with Crippen LogP contribution in [0.5, 0.6) is 5.75 Å². The second kappa shape index (κ2) is 6.01. The molecule has 1 fully saturated rings. The maximum Gasteiger partial charge on any atom is 0.133 e. The van der Waals surface area contributed by atoms with Crippen molar-refractivity contribution in [2.45, 2.75) is 38.3 Å². The lowest BCUT2D eigenvalue weighted by atomic mass is 9.93. The number of ether oxygens (including phenoxy) is 1. The van der Waals surface area contributed by atoms with Gasteiger partial charge in [0.15, 0.2) is 0 Å². The summed E-state index contributed by atoms with van der Waals surface area (Å²) in [4.78, 5) is 13.6. The van der Waals surface area contributed by atoms with Crippen molar-refractivity contribution in [1.29, 1.82) is 0 Å². The molecular weight excluding hydrogens is 226 g/mol. The minimum Gasteiger partial charge on any atom is -0.497 e. The minimum atomic E-state index is 0.420. The second-order valence-corrected chi connectivity index (χ2v) is 5.03. The molecule has 1 aliphatic rings. The minimum absolute atomic E-state index is 0.420. The van der Waals surface area contributed by atoms with Crippen LogP contribution in [0.1, 0.15) is 31.2 Å². The lowest BCUT2D eigenvalue weighted by Crippen LogP contribution is -2.34. The van der Waals surface area contributed by atoms with Crippen LogP contribution in [0.2, 0.25) is 0 Å². The van der Waals surface area contributed by atoms with E-state index in [9.17, 15) is 4.79 Å². The van der Waals surface area contributed by atoms with E-state index in [-0.39, 0.29) is 0 Å². The average Bonchev–Trinajstić information content (AvgIpc) is 2.40. The normalized spacial score (nSPS) is 17.2. The molecule has 1 aromatic rings. The van der Waals surface area contributed by atoms with Gasteiger partial charge in [0, 0.05) is 25.4 Å². The van der Waals surface area contributed by atoms with Crippen LogP contribution in [0.25, 0.3) is 0 Å². The number of carbonyl (C=O) groups is 1. The molecule has 3 heteroatoms. The molecule has 0 aromatic heterocycles. The molecule has 98 valence electrons. The molecule has 18 heavy (non-hydrogen) atoms. The molecular formula is C15H21NO2. The molecule has 0 aliphatic heterocycles. The van der Waals surface area contributed by atoms with E-state index >= 15 is 0 Å². The maximum atomic E-state index is 11.2. The fourth-order valence-electron chi connectivity index (χ4n) is 2.51. The number of rotatable bonds is 4. The van der Waals surface area contributed by atoms with E-state index < -0.39 is 0 Å². The van der Waals surface area contributed by atoms with Crippen LogP contribution in [0.15, 0.2) is 24.3 Å². The molecule has 1 aromatic carbocycles. The van der Waals surface area contributed by atoms with Gasteiger partial charge in [-0.3, -0.25) is 9.69 Å². The third-order valence-corrected chi connectivity index (χ3v) is 3.73. The number of hydrogen-bond acceptors (Lipinski definition) is 3. The molecule has 1 saturated carbocycles. The van der Waals surface area contributed by atoms with Gasteiger partial charge < -0.3 is 4.74 Å². The Morgan fingerprint density at radius 1 is 1.22 bits per heavy atom. The zero-order chi connectivity index (χ0) is 13.0. The number of carbonyl (C=O) groups excluding carboxylic acids is 1. The molecule has 2 rings (SSSR count). The van der Waals surface area contributed by atoms with E-state index in [0.29, 0.717) is 11.8 Å². The van der Waals surface area contributed by atoms with Crippen LogP contribution in [0, 0.1) is 0 Å². The van der Waals surface area contributed by atoms with Crippen LogP contribution < -0.4 is 4.74 Å². The quantitative estimate of drug-likeness (QED) is 0.819. The number of nitrogens with zero attached hydrogens (tertiary/aromatic N) is 1. The van der Waals surface area contributed by atoms with Crippen molar-refractivity contribution in [1.82, 2.24) is 4.90 Å². The van der Waals surface area contributed by atoms with E-state index in [1.807, 2.05) is 12.1 Å². The van der Waals surface area contributed by atoms with Crippen molar-refractivity contribution >= 4 is 5.78 Å². The van der Waals surface area contributed by atoms with Gasteiger partial charge in [-0.1, -0.05) is 12.1 Å². The van der Waals surface area contributed by atoms with Gasteiger partial charge in [0.2, 0.25) is 0 Å². The predicted molar refractivity (Wildman–Crippen MR) is 71.7 cm³/mol. The molecule has 0 heterocycles. The number of methoxy groups -OCH3 is 1. The second-order valence-electron chi connectivity index (χ2n) is 5.03. The first-order valence-electron chi connectivity index (χ1n) is 6.54. The molecule has 0 bridgehead atoms. The van der Waals surface area contributed by atoms with Crippen LogP contribution >= 0.6 is 0 Å². The van der Waals surface area contributed by atoms with Crippen molar-refractivity contribution in [3.05, 3.63) is 29.8 Å². The highest BCUT2D eigenvalue weighted by atomic mass is 16.5. The molecule has 0 spiro atoms. The first-order valence-corrected chi connectivity index (χ1v) is 6.54. The summed E-state index contributed by atoms with van der Waals surface area (Å²) in [7, 11) is 3.82. The molecule has 0 atom stereocenters. The van der Waals surface area contributed by atoms with Crippen molar-refractivity contribution in [3.63, 3.8) is 0 Å². The fourth-order valence-corrected chi connectivity index (χ4v) is 2.51. The lowest BCUT2D eigenvalue weighted by molar-refractivity contribution is -0.121. The molecule has 0 N–H and O–H groups in total. The third kappa shape index (κ3) is 3.33. The molecule has 1 aliphatic carbocycles. The van der Waals surface area contributed by atoms with Gasteiger partial charge in [-0.15, -0.1) is 0 Å². The van der Waals surface area contributed by atoms with Gasteiger partial charge in [0.25, 0.3) is 0 Å². The van der Waals surface area contributed by atoms with Gasteiger partial charge in [-0.25, -0.2) is 0 Å². The Morgan fingerprint density at radius 3 is 2.39 bits per heavy atom. The van der Waals surface area contributed by atoms with Gasteiger partial charge >= 0.3 is 0 Å². The Balaban J connectivity index is 1.89. The van der Waals surface area contributed by atoms with E-state index in [1.54, 1.807) is 7.11 Å². The Kier molecular flexibility index (Phi) is 4.37. The van der Waals surface area contributed by atoms with Crippen LogP contribution in [0.3, 0.4) is 0 Å². The fraction of sp³-hybridized carbons (Fsp3) is 0.533. The lowest BCUT2D eigenvalue weighted by Gasteiger charge is -2.30. The van der Waals surface area contributed by atoms with E-state index in [4.69, 9.17) is 4.74 Å². The molecule has 3 nitrogen and oxygen atoms in total. The molecule has 0 saturated heterocycles. The van der Waals surface area contributed by atoms with Crippen LogP contribution in [0.4, 0.5) is 0 Å². The summed E-state index contributed by atoms with van der Waals surface area (Å²) in [5, 5.41) is 0. The monoisotopic (exact) mass is 247 g/mol. The summed E-state index contributed by atoms with van der Waals surface area (Å²) >= 11 is 0. The van der Waals surface area contributed by atoms with E-state index in [2.05, 4.69) is 24.1 Å². The number of benzene rings is 1. The number of hydrogen-bond donors (Lipinski definition) is 0. The standard InChI is InChI=1S/C15H21NO2/c1-16(13-5-7-14(17)8-6-13)11-12-3-9-15(18-2)10-4-12/h3-4,9-10,13H,5-8,11H2,1-2H3. The zero-order valence-electron chi connectivity index (χ0n) is 11.2. The Labute approximate surface area is 109 Å². The predicted octanol–water partition coefficient (Wildman–Crippen LogP) is 2.64. The summed E-state index contributed by atoms with van der Waals surface area (Å²) in [5.41, 5.74) is 1.29. The van der Waals surface area contributed by atoms with Crippen molar-refractivity contribution in [2.24, 2.45) is 0 Å². The topological polar surface area (TPSA) is 29.5 Å². The van der Waals surface area contributed by atoms with Crippen molar-refractivity contribution in [3.8, 4) is 5.75 Å². The SMILES string of the molecule is COc1ccc(CN(C)C2CCC(=O)CC2)cc1. The summed E-state index contributed by atoms with van der Waals surface area (Å²) < 4.78 is 5.15. The summed E-state index contributed by atoms with van der Waals surface area (Å²) in [6.07, 6.45) is 3.51. The van der Waals surface area contributed by atoms with E-state index in [1.165, 1.54) is 5.56 Å². The van der Waals surface area contributed by atoms with Crippen LogP contribution in [-0.2, 0) is 11.3 Å². The summed E-state index contributed by atoms with van der Waals surface area (Å²) in [6, 6.07) is 8.73. The first kappa shape index (κ1) is 13.1. The van der Waals surface area contributed by atoms with E-state index in [0.717, 1.165) is 38.0 Å². The van der Waals surface area contributed by atoms with Gasteiger partial charge in [-0.2, -0.15) is 0 Å². The first-order chi connectivity index (χ1) is 8.69. The average molecular weight is 247 g/mol. The number of Topliss-reactive ketones (excluding diaryl/α,β-unsaturated/α-hetero) is 1. The number of ketones is 1. The molecule has 0 radical (unpaired) electrons. The smallest absolute Gasteiger partial charge is 0.133 e. The Morgan fingerprint density at radius 2 is 1.83 bits per heavy atom. The Bertz CT molecular complexity index is 389. The Hall–Kier alpha value is -1.35. The zero-order valence-corrected chi connectivity index (χ0v) is 11.2.